The lowest BCUT2D eigenvalue weighted by Crippen LogP contribution is -2.47. The molecule has 0 aromatic heterocycles. The molecule has 118 valence electrons. The second-order valence-electron chi connectivity index (χ2n) is 6.20. The summed E-state index contributed by atoms with van der Waals surface area (Å²) in [5, 5.41) is 15.9. The molecule has 1 aromatic carbocycles. The van der Waals surface area contributed by atoms with Crippen molar-refractivity contribution in [2.75, 3.05) is 13.2 Å². The standard InChI is InChI=1S/C16H26N2O3/c1-12(18-16(2,3)4)10-17-15(20)21-11-14(19)13-8-6-5-7-9-13/h5-9,12,14,18-19H,10-11H2,1-4H3,(H,17,20)/t12-,14-/m1/s1. The van der Waals surface area contributed by atoms with Crippen molar-refractivity contribution in [3.63, 3.8) is 0 Å². The highest BCUT2D eigenvalue weighted by atomic mass is 16.6. The van der Waals surface area contributed by atoms with Gasteiger partial charge in [0.2, 0.25) is 0 Å². The van der Waals surface area contributed by atoms with Gasteiger partial charge in [0, 0.05) is 18.1 Å². The van der Waals surface area contributed by atoms with Crippen LogP contribution in [0, 0.1) is 0 Å². The molecule has 21 heavy (non-hydrogen) atoms. The molecule has 3 N–H and O–H groups in total. The van der Waals surface area contributed by atoms with Crippen molar-refractivity contribution in [2.24, 2.45) is 0 Å². The van der Waals surface area contributed by atoms with Crippen molar-refractivity contribution in [3.8, 4) is 0 Å². The number of hydrogen-bond donors (Lipinski definition) is 3. The fraction of sp³-hybridized carbons (Fsp3) is 0.562. The number of aliphatic hydroxyl groups excluding tert-OH is 1. The molecule has 5 heteroatoms. The Morgan fingerprint density at radius 2 is 1.90 bits per heavy atom. The van der Waals surface area contributed by atoms with Crippen LogP contribution in [0.3, 0.4) is 0 Å². The van der Waals surface area contributed by atoms with E-state index in [9.17, 15) is 9.90 Å². The average Bonchev–Trinajstić information content (AvgIpc) is 2.41. The molecule has 1 amide bonds. The number of hydrogen-bond acceptors (Lipinski definition) is 4. The van der Waals surface area contributed by atoms with Gasteiger partial charge >= 0.3 is 6.09 Å². The van der Waals surface area contributed by atoms with E-state index in [1.165, 1.54) is 0 Å². The molecular formula is C16H26N2O3. The molecule has 1 rings (SSSR count). The molecule has 0 aliphatic rings. The minimum atomic E-state index is -0.804. The maximum atomic E-state index is 11.6. The first-order valence-corrected chi connectivity index (χ1v) is 7.19. The summed E-state index contributed by atoms with van der Waals surface area (Å²) in [6.45, 7) is 8.60. The summed E-state index contributed by atoms with van der Waals surface area (Å²) in [5.41, 5.74) is 0.724. The van der Waals surface area contributed by atoms with E-state index in [2.05, 4.69) is 31.4 Å². The van der Waals surface area contributed by atoms with Gasteiger partial charge in [0.15, 0.2) is 0 Å². The highest BCUT2D eigenvalue weighted by Crippen LogP contribution is 2.11. The minimum absolute atomic E-state index is 0.00545. The summed E-state index contributed by atoms with van der Waals surface area (Å²) < 4.78 is 5.01. The highest BCUT2D eigenvalue weighted by Gasteiger charge is 2.15. The Morgan fingerprint density at radius 1 is 1.29 bits per heavy atom. The largest absolute Gasteiger partial charge is 0.446 e. The fourth-order valence-electron chi connectivity index (χ4n) is 2.00. The van der Waals surface area contributed by atoms with Crippen LogP contribution in [0.1, 0.15) is 39.4 Å². The monoisotopic (exact) mass is 294 g/mol. The SMILES string of the molecule is C[C@H](CNC(=O)OC[C@@H](O)c1ccccc1)NC(C)(C)C. The van der Waals surface area contributed by atoms with Gasteiger partial charge in [0.05, 0.1) is 0 Å². The maximum Gasteiger partial charge on any atom is 0.407 e. The van der Waals surface area contributed by atoms with Gasteiger partial charge in [-0.3, -0.25) is 0 Å². The molecule has 2 atom stereocenters. The van der Waals surface area contributed by atoms with Crippen LogP contribution in [-0.2, 0) is 4.74 Å². The van der Waals surface area contributed by atoms with Gasteiger partial charge < -0.3 is 20.5 Å². The highest BCUT2D eigenvalue weighted by molar-refractivity contribution is 5.67. The van der Waals surface area contributed by atoms with E-state index in [1.54, 1.807) is 12.1 Å². The summed E-state index contributed by atoms with van der Waals surface area (Å²) in [4.78, 5) is 11.6. The van der Waals surface area contributed by atoms with Crippen LogP contribution in [0.4, 0.5) is 4.79 Å². The van der Waals surface area contributed by atoms with Crippen LogP contribution < -0.4 is 10.6 Å². The zero-order chi connectivity index (χ0) is 15.9. The number of aliphatic hydroxyl groups is 1. The summed E-state index contributed by atoms with van der Waals surface area (Å²) in [7, 11) is 0. The number of ether oxygens (including phenoxy) is 1. The second kappa shape index (κ2) is 8.00. The Labute approximate surface area is 126 Å². The van der Waals surface area contributed by atoms with Crippen molar-refractivity contribution < 1.29 is 14.6 Å². The molecular weight excluding hydrogens is 268 g/mol. The number of carbonyl (C=O) groups excluding carboxylic acids is 1. The third-order valence-electron chi connectivity index (χ3n) is 2.79. The third kappa shape index (κ3) is 7.68. The summed E-state index contributed by atoms with van der Waals surface area (Å²) in [6.07, 6.45) is -1.32. The number of rotatable bonds is 6. The van der Waals surface area contributed by atoms with E-state index >= 15 is 0 Å². The third-order valence-corrected chi connectivity index (χ3v) is 2.79. The molecule has 0 aliphatic carbocycles. The second-order valence-corrected chi connectivity index (χ2v) is 6.20. The number of amides is 1. The molecule has 0 spiro atoms. The van der Waals surface area contributed by atoms with Gasteiger partial charge in [-0.1, -0.05) is 30.3 Å². The van der Waals surface area contributed by atoms with Crippen LogP contribution in [-0.4, -0.2) is 35.9 Å². The molecule has 0 bridgehead atoms. The molecule has 0 saturated heterocycles. The van der Waals surface area contributed by atoms with Crippen LogP contribution >= 0.6 is 0 Å². The minimum Gasteiger partial charge on any atom is -0.446 e. The topological polar surface area (TPSA) is 70.6 Å². The zero-order valence-electron chi connectivity index (χ0n) is 13.2. The number of nitrogens with one attached hydrogen (secondary N) is 2. The van der Waals surface area contributed by atoms with E-state index in [4.69, 9.17) is 4.74 Å². The molecule has 0 fully saturated rings. The van der Waals surface area contributed by atoms with Crippen molar-refractivity contribution in [1.29, 1.82) is 0 Å². The Kier molecular flexibility index (Phi) is 6.65. The number of carbonyl (C=O) groups is 1. The van der Waals surface area contributed by atoms with E-state index in [0.717, 1.165) is 5.56 Å². The van der Waals surface area contributed by atoms with Crippen molar-refractivity contribution >= 4 is 6.09 Å². The molecule has 1 aromatic rings. The lowest BCUT2D eigenvalue weighted by Gasteiger charge is -2.26. The smallest absolute Gasteiger partial charge is 0.407 e. The van der Waals surface area contributed by atoms with Gasteiger partial charge in [-0.15, -0.1) is 0 Å². The summed E-state index contributed by atoms with van der Waals surface area (Å²) in [6, 6.07) is 9.25. The van der Waals surface area contributed by atoms with Crippen LogP contribution in [0.2, 0.25) is 0 Å². The predicted octanol–water partition coefficient (Wildman–Crippen LogP) is 2.22. The van der Waals surface area contributed by atoms with Gasteiger partial charge in [0.25, 0.3) is 0 Å². The number of benzene rings is 1. The first kappa shape index (κ1) is 17.5. The summed E-state index contributed by atoms with van der Waals surface area (Å²) in [5.74, 6) is 0. The Balaban J connectivity index is 2.25. The van der Waals surface area contributed by atoms with E-state index in [1.807, 2.05) is 25.1 Å². The molecule has 0 radical (unpaired) electrons. The van der Waals surface area contributed by atoms with Crippen LogP contribution in [0.25, 0.3) is 0 Å². The Hall–Kier alpha value is -1.59. The van der Waals surface area contributed by atoms with Crippen molar-refractivity contribution in [3.05, 3.63) is 35.9 Å². The molecule has 0 unspecified atom stereocenters. The lowest BCUT2D eigenvalue weighted by atomic mass is 10.1. The van der Waals surface area contributed by atoms with E-state index in [0.29, 0.717) is 6.54 Å². The van der Waals surface area contributed by atoms with Crippen LogP contribution in [0.5, 0.6) is 0 Å². The van der Waals surface area contributed by atoms with E-state index in [-0.39, 0.29) is 18.2 Å². The molecule has 0 aliphatic heterocycles. The summed E-state index contributed by atoms with van der Waals surface area (Å²) >= 11 is 0. The average molecular weight is 294 g/mol. The zero-order valence-corrected chi connectivity index (χ0v) is 13.2. The first-order chi connectivity index (χ1) is 9.78. The quantitative estimate of drug-likeness (QED) is 0.752. The van der Waals surface area contributed by atoms with Crippen LogP contribution in [0.15, 0.2) is 30.3 Å². The molecule has 0 heterocycles. The lowest BCUT2D eigenvalue weighted by molar-refractivity contribution is 0.0677. The Bertz CT molecular complexity index is 429. The van der Waals surface area contributed by atoms with Gasteiger partial charge in [-0.2, -0.15) is 0 Å². The predicted molar refractivity (Wildman–Crippen MR) is 83.1 cm³/mol. The Morgan fingerprint density at radius 3 is 2.48 bits per heavy atom. The maximum absolute atomic E-state index is 11.6. The van der Waals surface area contributed by atoms with Crippen molar-refractivity contribution in [2.45, 2.75) is 45.4 Å². The van der Waals surface area contributed by atoms with E-state index < -0.39 is 12.2 Å². The van der Waals surface area contributed by atoms with Crippen molar-refractivity contribution in [1.82, 2.24) is 10.6 Å². The molecule has 5 nitrogen and oxygen atoms in total. The van der Waals surface area contributed by atoms with Gasteiger partial charge in [-0.25, -0.2) is 4.79 Å². The number of alkyl carbamates (subject to hydrolysis) is 1. The fourth-order valence-corrected chi connectivity index (χ4v) is 2.00. The molecule has 0 saturated carbocycles. The first-order valence-electron chi connectivity index (χ1n) is 7.19. The van der Waals surface area contributed by atoms with Gasteiger partial charge in [-0.05, 0) is 33.3 Å². The van der Waals surface area contributed by atoms with Gasteiger partial charge in [0.1, 0.15) is 12.7 Å². The normalized spacial score (nSPS) is 14.3.